The van der Waals surface area contributed by atoms with Gasteiger partial charge in [0.2, 0.25) is 0 Å². The first-order valence-corrected chi connectivity index (χ1v) is 3.82. The van der Waals surface area contributed by atoms with Crippen molar-refractivity contribution in [3.05, 3.63) is 6.29 Å². The molecule has 4 nitrogen and oxygen atoms in total. The Morgan fingerprint density at radius 3 is 2.50 bits per heavy atom. The fourth-order valence-electron chi connectivity index (χ4n) is 1.34. The van der Waals surface area contributed by atoms with Gasteiger partial charge >= 0.3 is 0 Å². The van der Waals surface area contributed by atoms with Crippen molar-refractivity contribution in [3.8, 4) is 0 Å². The number of hydrazine groups is 1. The van der Waals surface area contributed by atoms with Crippen LogP contribution in [0.25, 0.3) is 0 Å². The first kappa shape index (κ1) is 6.54. The van der Waals surface area contributed by atoms with E-state index in [1.165, 1.54) is 6.42 Å². The lowest BCUT2D eigenvalue weighted by atomic mass is 10.5. The maximum absolute atomic E-state index is 3.27. The molecule has 0 aliphatic carbocycles. The van der Waals surface area contributed by atoms with E-state index in [1.807, 2.05) is 0 Å². The topological polar surface area (TPSA) is 39.3 Å². The normalized spacial score (nSPS) is 30.0. The molecule has 2 aliphatic heterocycles. The van der Waals surface area contributed by atoms with E-state index in [1.54, 1.807) is 0 Å². The summed E-state index contributed by atoms with van der Waals surface area (Å²) in [7, 11) is 0. The molecule has 10 heavy (non-hydrogen) atoms. The third-order valence-corrected chi connectivity index (χ3v) is 1.84. The van der Waals surface area contributed by atoms with E-state index >= 15 is 0 Å². The van der Waals surface area contributed by atoms with Gasteiger partial charge in [-0.3, -0.25) is 16.1 Å². The summed E-state index contributed by atoms with van der Waals surface area (Å²) < 4.78 is 0. The first-order valence-electron chi connectivity index (χ1n) is 3.82. The standard InChI is InChI=1S/C6H13N4/c1-2-9-10(5-1)6-7-3-4-8-6/h7-9H,1-5H2. The van der Waals surface area contributed by atoms with Crippen LogP contribution in [0.2, 0.25) is 0 Å². The van der Waals surface area contributed by atoms with E-state index in [2.05, 4.69) is 21.1 Å². The summed E-state index contributed by atoms with van der Waals surface area (Å²) >= 11 is 0. The van der Waals surface area contributed by atoms with Crippen LogP contribution in [0, 0.1) is 6.29 Å². The van der Waals surface area contributed by atoms with Crippen molar-refractivity contribution >= 4 is 0 Å². The lowest BCUT2D eigenvalue weighted by Crippen LogP contribution is -2.44. The highest BCUT2D eigenvalue weighted by atomic mass is 15.6. The summed E-state index contributed by atoms with van der Waals surface area (Å²) in [6.45, 7) is 4.32. The Bertz CT molecular complexity index is 90.3. The Morgan fingerprint density at radius 2 is 1.90 bits per heavy atom. The number of hydrogen-bond donors (Lipinski definition) is 3. The van der Waals surface area contributed by atoms with Gasteiger partial charge in [-0.05, 0) is 6.42 Å². The van der Waals surface area contributed by atoms with Crippen LogP contribution in [0.3, 0.4) is 0 Å². The number of nitrogens with one attached hydrogen (secondary N) is 3. The van der Waals surface area contributed by atoms with E-state index < -0.39 is 0 Å². The van der Waals surface area contributed by atoms with Crippen LogP contribution in [0.4, 0.5) is 0 Å². The molecular formula is C6H13N4. The summed E-state index contributed by atoms with van der Waals surface area (Å²) in [6.07, 6.45) is 2.39. The average Bonchev–Trinajstić information content (AvgIpc) is 2.59. The minimum Gasteiger partial charge on any atom is -0.280 e. The molecule has 3 N–H and O–H groups in total. The fraction of sp³-hybridized carbons (Fsp3) is 0.833. The van der Waals surface area contributed by atoms with E-state index in [4.69, 9.17) is 0 Å². The van der Waals surface area contributed by atoms with Gasteiger partial charge in [-0.2, -0.15) is 0 Å². The maximum Gasteiger partial charge on any atom is 0.187 e. The van der Waals surface area contributed by atoms with Crippen molar-refractivity contribution in [2.75, 3.05) is 26.2 Å². The zero-order chi connectivity index (χ0) is 6.81. The van der Waals surface area contributed by atoms with Crippen LogP contribution >= 0.6 is 0 Å². The molecule has 0 aromatic carbocycles. The smallest absolute Gasteiger partial charge is 0.187 e. The quantitative estimate of drug-likeness (QED) is 0.430. The molecule has 0 unspecified atom stereocenters. The van der Waals surface area contributed by atoms with Crippen LogP contribution < -0.4 is 16.1 Å². The molecule has 0 spiro atoms. The van der Waals surface area contributed by atoms with Crippen molar-refractivity contribution in [3.63, 3.8) is 0 Å². The van der Waals surface area contributed by atoms with E-state index in [0.29, 0.717) is 0 Å². The monoisotopic (exact) mass is 141 g/mol. The van der Waals surface area contributed by atoms with Crippen LogP contribution in [0.1, 0.15) is 6.42 Å². The second-order valence-electron chi connectivity index (χ2n) is 2.62. The minimum atomic E-state index is 1.05. The fourth-order valence-corrected chi connectivity index (χ4v) is 1.34. The lowest BCUT2D eigenvalue weighted by molar-refractivity contribution is 0.230. The van der Waals surface area contributed by atoms with Gasteiger partial charge < -0.3 is 0 Å². The molecule has 2 heterocycles. The minimum absolute atomic E-state index is 1.05. The van der Waals surface area contributed by atoms with Gasteiger partial charge in [0.05, 0.1) is 0 Å². The molecule has 0 bridgehead atoms. The highest BCUT2D eigenvalue weighted by molar-refractivity contribution is 4.89. The Balaban J connectivity index is 1.85. The Kier molecular flexibility index (Phi) is 1.86. The summed E-state index contributed by atoms with van der Waals surface area (Å²) in [5, 5.41) is 8.68. The van der Waals surface area contributed by atoms with Gasteiger partial charge in [0.1, 0.15) is 0 Å². The molecule has 0 aromatic heterocycles. The lowest BCUT2D eigenvalue weighted by Gasteiger charge is -2.21. The molecule has 0 amide bonds. The molecule has 2 fully saturated rings. The highest BCUT2D eigenvalue weighted by Gasteiger charge is 2.24. The van der Waals surface area contributed by atoms with E-state index in [-0.39, 0.29) is 0 Å². The second-order valence-corrected chi connectivity index (χ2v) is 2.62. The summed E-state index contributed by atoms with van der Waals surface area (Å²) in [5.41, 5.74) is 3.27. The Labute approximate surface area is 60.9 Å². The van der Waals surface area contributed by atoms with Crippen molar-refractivity contribution in [2.24, 2.45) is 0 Å². The van der Waals surface area contributed by atoms with Crippen molar-refractivity contribution in [2.45, 2.75) is 6.42 Å². The Morgan fingerprint density at radius 1 is 1.10 bits per heavy atom. The Hall–Kier alpha value is -0.160. The van der Waals surface area contributed by atoms with Crippen molar-refractivity contribution in [1.82, 2.24) is 21.1 Å². The SMILES string of the molecule is C1CNN([C]2NCCN2)C1. The van der Waals surface area contributed by atoms with Crippen LogP contribution in [-0.4, -0.2) is 31.2 Å². The molecule has 57 valence electrons. The van der Waals surface area contributed by atoms with Crippen LogP contribution in [0.5, 0.6) is 0 Å². The zero-order valence-electron chi connectivity index (χ0n) is 5.98. The predicted octanol–water partition coefficient (Wildman–Crippen LogP) is -1.16. The van der Waals surface area contributed by atoms with E-state index in [9.17, 15) is 0 Å². The van der Waals surface area contributed by atoms with Gasteiger partial charge in [0.15, 0.2) is 6.29 Å². The van der Waals surface area contributed by atoms with Gasteiger partial charge in [-0.1, -0.05) is 0 Å². The molecule has 4 heteroatoms. The number of hydrogen-bond acceptors (Lipinski definition) is 4. The molecular weight excluding hydrogens is 128 g/mol. The highest BCUT2D eigenvalue weighted by Crippen LogP contribution is 2.05. The van der Waals surface area contributed by atoms with Crippen molar-refractivity contribution < 1.29 is 0 Å². The molecule has 0 saturated carbocycles. The predicted molar refractivity (Wildman–Crippen MR) is 38.6 cm³/mol. The average molecular weight is 141 g/mol. The molecule has 0 aromatic rings. The van der Waals surface area contributed by atoms with Crippen molar-refractivity contribution in [1.29, 1.82) is 0 Å². The van der Waals surface area contributed by atoms with Crippen LogP contribution in [-0.2, 0) is 0 Å². The third kappa shape index (κ3) is 1.15. The largest absolute Gasteiger partial charge is 0.280 e. The molecule has 2 rings (SSSR count). The first-order chi connectivity index (χ1) is 4.97. The molecule has 1 radical (unpaired) electrons. The van der Waals surface area contributed by atoms with E-state index in [0.717, 1.165) is 32.5 Å². The van der Waals surface area contributed by atoms with Gasteiger partial charge in [-0.25, -0.2) is 5.01 Å². The van der Waals surface area contributed by atoms with Gasteiger partial charge in [-0.15, -0.1) is 0 Å². The van der Waals surface area contributed by atoms with Crippen LogP contribution in [0.15, 0.2) is 0 Å². The molecule has 0 atom stereocenters. The molecule has 2 aliphatic rings. The van der Waals surface area contributed by atoms with Gasteiger partial charge in [0, 0.05) is 26.2 Å². The zero-order valence-corrected chi connectivity index (χ0v) is 5.98. The maximum atomic E-state index is 3.27. The summed E-state index contributed by atoms with van der Waals surface area (Å²) in [4.78, 5) is 0. The molecule has 2 saturated heterocycles. The number of rotatable bonds is 1. The van der Waals surface area contributed by atoms with Gasteiger partial charge in [0.25, 0.3) is 0 Å². The third-order valence-electron chi connectivity index (χ3n) is 1.84. The summed E-state index contributed by atoms with van der Waals surface area (Å²) in [5.74, 6) is 0. The number of nitrogens with zero attached hydrogens (tertiary/aromatic N) is 1. The second kappa shape index (κ2) is 2.84. The summed E-state index contributed by atoms with van der Waals surface area (Å²) in [6, 6.07) is 0.